The van der Waals surface area contributed by atoms with E-state index in [1.807, 2.05) is 0 Å². The molecule has 0 bridgehead atoms. The average molecular weight is 259 g/mol. The van der Waals surface area contributed by atoms with Crippen LogP contribution in [0.15, 0.2) is 24.3 Å². The predicted octanol–water partition coefficient (Wildman–Crippen LogP) is 4.52. The van der Waals surface area contributed by atoms with Crippen LogP contribution < -0.4 is 5.32 Å². The lowest BCUT2D eigenvalue weighted by molar-refractivity contribution is 0.422. The highest BCUT2D eigenvalue weighted by Crippen LogP contribution is 2.39. The van der Waals surface area contributed by atoms with Crippen molar-refractivity contribution in [1.29, 1.82) is 0 Å². The third kappa shape index (κ3) is 4.07. The summed E-state index contributed by atoms with van der Waals surface area (Å²) in [4.78, 5) is 0. The average Bonchev–Trinajstić information content (AvgIpc) is 2.85. The number of rotatable bonds is 6. The Morgan fingerprint density at radius 2 is 2.11 bits per heavy atom. The summed E-state index contributed by atoms with van der Waals surface area (Å²) in [5.41, 5.74) is 3.10. The molecule has 0 amide bonds. The summed E-state index contributed by atoms with van der Waals surface area (Å²) in [6.45, 7) is 7.93. The van der Waals surface area contributed by atoms with Gasteiger partial charge in [-0.05, 0) is 48.8 Å². The summed E-state index contributed by atoms with van der Waals surface area (Å²) in [6.07, 6.45) is 6.62. The minimum absolute atomic E-state index is 0.604. The third-order valence-corrected chi connectivity index (χ3v) is 4.37. The standard InChI is InChI=1S/C18H29N/c1-4-7-15-8-5-9-16(12-15)18-11-6-10-17(18)13-19-14(2)3/h5,8-9,12,14,17-19H,4,6-7,10-11,13H2,1-3H3. The monoisotopic (exact) mass is 259 g/mol. The maximum Gasteiger partial charge on any atom is 0.00104 e. The van der Waals surface area contributed by atoms with Gasteiger partial charge in [0.25, 0.3) is 0 Å². The van der Waals surface area contributed by atoms with Gasteiger partial charge in [-0.2, -0.15) is 0 Å². The quantitative estimate of drug-likeness (QED) is 0.792. The molecule has 2 rings (SSSR count). The van der Waals surface area contributed by atoms with Crippen LogP contribution in [0.5, 0.6) is 0 Å². The van der Waals surface area contributed by atoms with Gasteiger partial charge in [0.15, 0.2) is 0 Å². The maximum absolute atomic E-state index is 3.63. The van der Waals surface area contributed by atoms with Crippen LogP contribution in [0.4, 0.5) is 0 Å². The molecule has 106 valence electrons. The van der Waals surface area contributed by atoms with Gasteiger partial charge in [0.1, 0.15) is 0 Å². The molecule has 1 heteroatoms. The fourth-order valence-corrected chi connectivity index (χ4v) is 3.38. The van der Waals surface area contributed by atoms with Crippen molar-refractivity contribution in [3.05, 3.63) is 35.4 Å². The van der Waals surface area contributed by atoms with E-state index < -0.39 is 0 Å². The second-order valence-corrected chi connectivity index (χ2v) is 6.36. The van der Waals surface area contributed by atoms with Crippen molar-refractivity contribution in [3.8, 4) is 0 Å². The van der Waals surface area contributed by atoms with Gasteiger partial charge in [-0.3, -0.25) is 0 Å². The smallest absolute Gasteiger partial charge is 0.00104 e. The zero-order valence-corrected chi connectivity index (χ0v) is 12.8. The van der Waals surface area contributed by atoms with Crippen LogP contribution in [-0.4, -0.2) is 12.6 Å². The molecule has 1 fully saturated rings. The lowest BCUT2D eigenvalue weighted by Gasteiger charge is -2.22. The minimum Gasteiger partial charge on any atom is -0.314 e. The summed E-state index contributed by atoms with van der Waals surface area (Å²) in [5.74, 6) is 1.61. The molecule has 1 aromatic carbocycles. The summed E-state index contributed by atoms with van der Waals surface area (Å²) in [5, 5.41) is 3.63. The molecular formula is C18H29N. The van der Waals surface area contributed by atoms with E-state index >= 15 is 0 Å². The molecule has 2 atom stereocenters. The highest BCUT2D eigenvalue weighted by molar-refractivity contribution is 5.28. The van der Waals surface area contributed by atoms with E-state index in [1.165, 1.54) is 44.2 Å². The third-order valence-electron chi connectivity index (χ3n) is 4.37. The Hall–Kier alpha value is -0.820. The van der Waals surface area contributed by atoms with E-state index in [2.05, 4.69) is 50.4 Å². The van der Waals surface area contributed by atoms with E-state index in [1.54, 1.807) is 5.56 Å². The molecule has 2 unspecified atom stereocenters. The molecule has 0 spiro atoms. The van der Waals surface area contributed by atoms with Gasteiger partial charge < -0.3 is 5.32 Å². The summed E-state index contributed by atoms with van der Waals surface area (Å²) in [7, 11) is 0. The molecule has 1 aliphatic carbocycles. The zero-order valence-electron chi connectivity index (χ0n) is 12.8. The topological polar surface area (TPSA) is 12.0 Å². The van der Waals surface area contributed by atoms with Crippen LogP contribution in [0.2, 0.25) is 0 Å². The highest BCUT2D eigenvalue weighted by atomic mass is 14.9. The van der Waals surface area contributed by atoms with Crippen LogP contribution in [0.25, 0.3) is 0 Å². The van der Waals surface area contributed by atoms with Gasteiger partial charge >= 0.3 is 0 Å². The molecule has 0 saturated heterocycles. The normalized spacial score (nSPS) is 23.2. The van der Waals surface area contributed by atoms with Crippen molar-refractivity contribution in [2.24, 2.45) is 5.92 Å². The SMILES string of the molecule is CCCc1cccc(C2CCCC2CNC(C)C)c1. The van der Waals surface area contributed by atoms with Crippen molar-refractivity contribution in [2.75, 3.05) is 6.54 Å². The Bertz CT molecular complexity index is 383. The van der Waals surface area contributed by atoms with Gasteiger partial charge in [0, 0.05) is 6.04 Å². The van der Waals surface area contributed by atoms with Crippen molar-refractivity contribution >= 4 is 0 Å². The summed E-state index contributed by atoms with van der Waals surface area (Å²) >= 11 is 0. The van der Waals surface area contributed by atoms with E-state index in [9.17, 15) is 0 Å². The molecule has 0 radical (unpaired) electrons. The zero-order chi connectivity index (χ0) is 13.7. The second kappa shape index (κ2) is 7.09. The minimum atomic E-state index is 0.604. The number of aryl methyl sites for hydroxylation is 1. The van der Waals surface area contributed by atoms with Crippen molar-refractivity contribution in [3.63, 3.8) is 0 Å². The van der Waals surface area contributed by atoms with E-state index in [4.69, 9.17) is 0 Å². The van der Waals surface area contributed by atoms with Gasteiger partial charge in [0.2, 0.25) is 0 Å². The maximum atomic E-state index is 3.63. The Morgan fingerprint density at radius 3 is 2.84 bits per heavy atom. The van der Waals surface area contributed by atoms with Gasteiger partial charge in [-0.1, -0.05) is 57.9 Å². The van der Waals surface area contributed by atoms with Crippen LogP contribution in [-0.2, 0) is 6.42 Å². The van der Waals surface area contributed by atoms with E-state index in [0.29, 0.717) is 6.04 Å². The predicted molar refractivity (Wildman–Crippen MR) is 83.7 cm³/mol. The first-order valence-corrected chi connectivity index (χ1v) is 8.03. The molecule has 0 heterocycles. The fraction of sp³-hybridized carbons (Fsp3) is 0.667. The Kier molecular flexibility index (Phi) is 5.45. The largest absolute Gasteiger partial charge is 0.314 e. The molecule has 1 saturated carbocycles. The van der Waals surface area contributed by atoms with Crippen LogP contribution in [0.1, 0.15) is 63.5 Å². The molecule has 0 aliphatic heterocycles. The summed E-state index contributed by atoms with van der Waals surface area (Å²) in [6, 6.07) is 9.95. The lowest BCUT2D eigenvalue weighted by Crippen LogP contribution is -2.30. The molecule has 1 nitrogen and oxygen atoms in total. The molecule has 19 heavy (non-hydrogen) atoms. The first-order valence-electron chi connectivity index (χ1n) is 8.03. The van der Waals surface area contributed by atoms with Crippen molar-refractivity contribution in [2.45, 2.75) is 64.8 Å². The first kappa shape index (κ1) is 14.6. The van der Waals surface area contributed by atoms with Crippen LogP contribution in [0.3, 0.4) is 0 Å². The van der Waals surface area contributed by atoms with Gasteiger partial charge in [-0.15, -0.1) is 0 Å². The molecular weight excluding hydrogens is 230 g/mol. The van der Waals surface area contributed by atoms with Crippen molar-refractivity contribution in [1.82, 2.24) is 5.32 Å². The summed E-state index contributed by atoms with van der Waals surface area (Å²) < 4.78 is 0. The lowest BCUT2D eigenvalue weighted by atomic mass is 9.87. The first-order chi connectivity index (χ1) is 9.20. The molecule has 0 aromatic heterocycles. The molecule has 1 N–H and O–H groups in total. The molecule has 1 aromatic rings. The van der Waals surface area contributed by atoms with Crippen LogP contribution >= 0.6 is 0 Å². The van der Waals surface area contributed by atoms with Gasteiger partial charge in [-0.25, -0.2) is 0 Å². The van der Waals surface area contributed by atoms with Gasteiger partial charge in [0.05, 0.1) is 0 Å². The number of hydrogen-bond acceptors (Lipinski definition) is 1. The Balaban J connectivity index is 2.04. The number of hydrogen-bond donors (Lipinski definition) is 1. The Morgan fingerprint density at radius 1 is 1.26 bits per heavy atom. The molecule has 1 aliphatic rings. The van der Waals surface area contributed by atoms with E-state index in [-0.39, 0.29) is 0 Å². The highest BCUT2D eigenvalue weighted by Gasteiger charge is 2.28. The number of nitrogens with one attached hydrogen (secondary N) is 1. The fourth-order valence-electron chi connectivity index (χ4n) is 3.38. The second-order valence-electron chi connectivity index (χ2n) is 6.36. The Labute approximate surface area is 118 Å². The van der Waals surface area contributed by atoms with Crippen LogP contribution in [0, 0.1) is 5.92 Å². The van der Waals surface area contributed by atoms with E-state index in [0.717, 1.165) is 11.8 Å². The van der Waals surface area contributed by atoms with Crippen molar-refractivity contribution < 1.29 is 0 Å². The number of benzene rings is 1.